The Morgan fingerprint density at radius 2 is 1.77 bits per heavy atom. The molecule has 0 saturated heterocycles. The van der Waals surface area contributed by atoms with Crippen LogP contribution in [0.1, 0.15) is 44.7 Å². The molecule has 0 saturated carbocycles. The van der Waals surface area contributed by atoms with E-state index in [9.17, 15) is 14.9 Å². The molecule has 0 spiro atoms. The minimum atomic E-state index is -1.06. The quantitative estimate of drug-likeness (QED) is 0.390. The number of carbonyl (C=O) groups is 2. The summed E-state index contributed by atoms with van der Waals surface area (Å²) in [5.74, 6) is -0.398. The van der Waals surface area contributed by atoms with E-state index in [1.54, 1.807) is 30.3 Å². The lowest BCUT2D eigenvalue weighted by Crippen LogP contribution is -2.30. The van der Waals surface area contributed by atoms with E-state index in [2.05, 4.69) is 5.32 Å². The Kier molecular flexibility index (Phi) is 8.18. The Balaban J connectivity index is 2.06. The molecule has 2 aromatic rings. The monoisotopic (exact) mass is 406 g/mol. The average molecular weight is 406 g/mol. The number of nitriles is 1. The first-order valence-electron chi connectivity index (χ1n) is 9.81. The zero-order chi connectivity index (χ0) is 22.1. The van der Waals surface area contributed by atoms with E-state index in [0.29, 0.717) is 23.6 Å². The normalized spacial score (nSPS) is 12.1. The highest BCUT2D eigenvalue weighted by molar-refractivity contribution is 6.01. The van der Waals surface area contributed by atoms with Crippen LogP contribution in [-0.4, -0.2) is 24.6 Å². The summed E-state index contributed by atoms with van der Waals surface area (Å²) in [5, 5.41) is 12.1. The highest BCUT2D eigenvalue weighted by Gasteiger charge is 2.21. The summed E-state index contributed by atoms with van der Waals surface area (Å²) in [7, 11) is 0. The first-order valence-corrected chi connectivity index (χ1v) is 9.81. The van der Waals surface area contributed by atoms with Crippen LogP contribution < -0.4 is 10.1 Å². The van der Waals surface area contributed by atoms with Crippen molar-refractivity contribution in [1.82, 2.24) is 0 Å². The van der Waals surface area contributed by atoms with Crippen LogP contribution in [0.15, 0.2) is 54.1 Å². The van der Waals surface area contributed by atoms with Crippen molar-refractivity contribution in [3.8, 4) is 11.8 Å². The molecule has 1 amide bonds. The van der Waals surface area contributed by atoms with Gasteiger partial charge in [0, 0.05) is 5.69 Å². The summed E-state index contributed by atoms with van der Waals surface area (Å²) >= 11 is 0. The number of carbonyl (C=O) groups excluding carboxylic acids is 2. The van der Waals surface area contributed by atoms with Gasteiger partial charge in [-0.2, -0.15) is 5.26 Å². The molecular weight excluding hydrogens is 380 g/mol. The smallest absolute Gasteiger partial charge is 0.349 e. The van der Waals surface area contributed by atoms with Gasteiger partial charge in [0.1, 0.15) is 17.4 Å². The van der Waals surface area contributed by atoms with Crippen LogP contribution in [0.4, 0.5) is 5.69 Å². The van der Waals surface area contributed by atoms with Crippen LogP contribution in [0.3, 0.4) is 0 Å². The third-order valence-corrected chi connectivity index (χ3v) is 4.34. The van der Waals surface area contributed by atoms with Crippen molar-refractivity contribution < 1.29 is 19.1 Å². The van der Waals surface area contributed by atoms with Gasteiger partial charge in [-0.25, -0.2) is 4.79 Å². The van der Waals surface area contributed by atoms with Crippen molar-refractivity contribution >= 4 is 23.6 Å². The number of nitrogens with one attached hydrogen (secondary N) is 1. The van der Waals surface area contributed by atoms with Crippen molar-refractivity contribution in [3.05, 3.63) is 65.2 Å². The fraction of sp³-hybridized carbons (Fsp3) is 0.292. The standard InChI is InChI=1S/C24H26N2O4/c1-5-29-20-12-10-18(11-13-20)14-19(15-25)24(28)30-17(4)23(27)26-22-9-7-6-8-21(22)16(2)3/h6-14,16-17H,5H2,1-4H3,(H,26,27)/b19-14+/t17-/m0/s1. The molecule has 0 aliphatic carbocycles. The van der Waals surface area contributed by atoms with Crippen LogP contribution in [0.25, 0.3) is 6.08 Å². The molecule has 6 heteroatoms. The van der Waals surface area contributed by atoms with E-state index in [4.69, 9.17) is 9.47 Å². The number of hydrogen-bond donors (Lipinski definition) is 1. The number of nitrogens with zero attached hydrogens (tertiary/aromatic N) is 1. The summed E-state index contributed by atoms with van der Waals surface area (Å²) in [6, 6.07) is 16.3. The Hall–Kier alpha value is -3.59. The van der Waals surface area contributed by atoms with Crippen molar-refractivity contribution in [2.75, 3.05) is 11.9 Å². The SMILES string of the molecule is CCOc1ccc(/C=C(\C#N)C(=O)O[C@@H](C)C(=O)Nc2ccccc2C(C)C)cc1. The molecule has 1 N–H and O–H groups in total. The molecule has 156 valence electrons. The molecule has 2 rings (SSSR count). The van der Waals surface area contributed by atoms with Gasteiger partial charge in [-0.05, 0) is 55.2 Å². The third kappa shape index (κ3) is 6.21. The molecular formula is C24H26N2O4. The predicted molar refractivity (Wildman–Crippen MR) is 116 cm³/mol. The van der Waals surface area contributed by atoms with Crippen LogP contribution in [-0.2, 0) is 14.3 Å². The lowest BCUT2D eigenvalue weighted by Gasteiger charge is -2.17. The van der Waals surface area contributed by atoms with Crippen molar-refractivity contribution in [2.45, 2.75) is 39.7 Å². The number of benzene rings is 2. The molecule has 0 aromatic heterocycles. The van der Waals surface area contributed by atoms with E-state index in [1.807, 2.05) is 45.0 Å². The summed E-state index contributed by atoms with van der Waals surface area (Å²) < 4.78 is 10.6. The number of hydrogen-bond acceptors (Lipinski definition) is 5. The van der Waals surface area contributed by atoms with Gasteiger partial charge in [0.25, 0.3) is 5.91 Å². The van der Waals surface area contributed by atoms with Crippen molar-refractivity contribution in [1.29, 1.82) is 5.26 Å². The second-order valence-electron chi connectivity index (χ2n) is 6.95. The Morgan fingerprint density at radius 1 is 1.10 bits per heavy atom. The van der Waals surface area contributed by atoms with E-state index >= 15 is 0 Å². The van der Waals surface area contributed by atoms with E-state index < -0.39 is 18.0 Å². The van der Waals surface area contributed by atoms with Crippen LogP contribution in [0.2, 0.25) is 0 Å². The minimum absolute atomic E-state index is 0.193. The molecule has 30 heavy (non-hydrogen) atoms. The fourth-order valence-electron chi connectivity index (χ4n) is 2.76. The second-order valence-corrected chi connectivity index (χ2v) is 6.95. The number of amides is 1. The molecule has 2 aromatic carbocycles. The summed E-state index contributed by atoms with van der Waals surface area (Å²) in [6.07, 6.45) is 0.353. The second kappa shape index (κ2) is 10.8. The largest absolute Gasteiger partial charge is 0.494 e. The number of ether oxygens (including phenoxy) is 2. The van der Waals surface area contributed by atoms with Gasteiger partial charge in [-0.15, -0.1) is 0 Å². The highest BCUT2D eigenvalue weighted by Crippen LogP contribution is 2.24. The maximum absolute atomic E-state index is 12.5. The Labute approximate surface area is 177 Å². The van der Waals surface area contributed by atoms with Gasteiger partial charge < -0.3 is 14.8 Å². The topological polar surface area (TPSA) is 88.4 Å². The molecule has 0 heterocycles. The first-order chi connectivity index (χ1) is 14.3. The molecule has 0 aliphatic heterocycles. The zero-order valence-corrected chi connectivity index (χ0v) is 17.6. The third-order valence-electron chi connectivity index (χ3n) is 4.34. The maximum Gasteiger partial charge on any atom is 0.349 e. The summed E-state index contributed by atoms with van der Waals surface area (Å²) in [6.45, 7) is 7.96. The lowest BCUT2D eigenvalue weighted by atomic mass is 10.0. The molecule has 0 bridgehead atoms. The highest BCUT2D eigenvalue weighted by atomic mass is 16.5. The Morgan fingerprint density at radius 3 is 2.37 bits per heavy atom. The van der Waals surface area contributed by atoms with Gasteiger partial charge >= 0.3 is 5.97 Å². The van der Waals surface area contributed by atoms with E-state index in [-0.39, 0.29) is 11.5 Å². The average Bonchev–Trinajstić information content (AvgIpc) is 2.73. The van der Waals surface area contributed by atoms with Gasteiger partial charge in [0.05, 0.1) is 6.61 Å². The van der Waals surface area contributed by atoms with Gasteiger partial charge in [0.15, 0.2) is 6.10 Å². The van der Waals surface area contributed by atoms with E-state index in [0.717, 1.165) is 5.56 Å². The number of esters is 1. The lowest BCUT2D eigenvalue weighted by molar-refractivity contribution is -0.148. The van der Waals surface area contributed by atoms with Crippen molar-refractivity contribution in [2.24, 2.45) is 0 Å². The number of para-hydroxylation sites is 1. The number of anilines is 1. The summed E-state index contributed by atoms with van der Waals surface area (Å²) in [4.78, 5) is 24.9. The van der Waals surface area contributed by atoms with E-state index in [1.165, 1.54) is 13.0 Å². The number of rotatable bonds is 8. The van der Waals surface area contributed by atoms with Gasteiger partial charge in [-0.3, -0.25) is 4.79 Å². The maximum atomic E-state index is 12.5. The van der Waals surface area contributed by atoms with Gasteiger partial charge in [0.2, 0.25) is 0 Å². The van der Waals surface area contributed by atoms with Gasteiger partial charge in [-0.1, -0.05) is 44.2 Å². The molecule has 0 aliphatic rings. The first kappa shape index (κ1) is 22.7. The van der Waals surface area contributed by atoms with Crippen LogP contribution in [0, 0.1) is 11.3 Å². The molecule has 0 fully saturated rings. The minimum Gasteiger partial charge on any atom is -0.494 e. The zero-order valence-electron chi connectivity index (χ0n) is 17.6. The molecule has 6 nitrogen and oxygen atoms in total. The molecule has 0 radical (unpaired) electrons. The van der Waals surface area contributed by atoms with Crippen LogP contribution >= 0.6 is 0 Å². The van der Waals surface area contributed by atoms with Crippen molar-refractivity contribution in [3.63, 3.8) is 0 Å². The fourth-order valence-corrected chi connectivity index (χ4v) is 2.76. The Bertz CT molecular complexity index is 956. The molecule has 0 unspecified atom stereocenters. The summed E-state index contributed by atoms with van der Waals surface area (Å²) in [5.41, 5.74) is 2.11. The predicted octanol–water partition coefficient (Wildman–Crippen LogP) is 4.69. The van der Waals surface area contributed by atoms with Crippen LogP contribution in [0.5, 0.6) is 5.75 Å². The molecule has 1 atom stereocenters.